The van der Waals surface area contributed by atoms with Crippen LogP contribution in [-0.4, -0.2) is 58.3 Å². The smallest absolute Gasteiger partial charge is 0.252 e. The molecule has 30 heavy (non-hydrogen) atoms. The number of hydrogen-bond acceptors (Lipinski definition) is 5. The number of benzene rings is 2. The fraction of sp³-hybridized carbons (Fsp3) is 0.409. The van der Waals surface area contributed by atoms with Crippen LogP contribution in [0.3, 0.4) is 0 Å². The van der Waals surface area contributed by atoms with Gasteiger partial charge in [-0.2, -0.15) is 0 Å². The molecule has 8 heteroatoms. The molecule has 2 aromatic carbocycles. The summed E-state index contributed by atoms with van der Waals surface area (Å²) in [6.45, 7) is 5.46. The van der Waals surface area contributed by atoms with Gasteiger partial charge in [-0.25, -0.2) is 4.39 Å². The Kier molecular flexibility index (Phi) is 7.20. The van der Waals surface area contributed by atoms with Crippen molar-refractivity contribution < 1.29 is 18.7 Å². The van der Waals surface area contributed by atoms with Gasteiger partial charge in [-0.1, -0.05) is 0 Å². The summed E-state index contributed by atoms with van der Waals surface area (Å²) in [5, 5.41) is 2.98. The van der Waals surface area contributed by atoms with Gasteiger partial charge in [-0.15, -0.1) is 0 Å². The molecule has 6 nitrogen and oxygen atoms in total. The quantitative estimate of drug-likeness (QED) is 0.681. The Bertz CT molecular complexity index is 891. The third-order valence-corrected chi connectivity index (χ3v) is 6.14. The standard InChI is InChI=1S/C22H27BrFN3O3/c1-14(25-22(28)15-11-19(29-3)21(23)20(12-15)30-4)17-13-16(24)5-6-18(17)27-9-7-26(2)8-10-27/h5-6,11-14H,7-10H2,1-4H3,(H,25,28). The number of likely N-dealkylation sites (N-methyl/N-ethyl adjacent to an activating group) is 1. The van der Waals surface area contributed by atoms with Gasteiger partial charge in [0.25, 0.3) is 5.91 Å². The lowest BCUT2D eigenvalue weighted by molar-refractivity contribution is 0.0939. The Morgan fingerprint density at radius 3 is 2.27 bits per heavy atom. The highest BCUT2D eigenvalue weighted by molar-refractivity contribution is 9.10. The van der Waals surface area contributed by atoms with E-state index in [4.69, 9.17) is 9.47 Å². The van der Waals surface area contributed by atoms with Gasteiger partial charge >= 0.3 is 0 Å². The van der Waals surface area contributed by atoms with Crippen molar-refractivity contribution in [1.29, 1.82) is 0 Å². The van der Waals surface area contributed by atoms with Crippen LogP contribution < -0.4 is 19.7 Å². The summed E-state index contributed by atoms with van der Waals surface area (Å²) in [4.78, 5) is 17.4. The molecule has 0 saturated carbocycles. The number of piperazine rings is 1. The van der Waals surface area contributed by atoms with Crippen molar-refractivity contribution >= 4 is 27.5 Å². The first kappa shape index (κ1) is 22.4. The summed E-state index contributed by atoms with van der Waals surface area (Å²) in [6.07, 6.45) is 0. The normalized spacial score (nSPS) is 15.6. The number of ether oxygens (including phenoxy) is 2. The lowest BCUT2D eigenvalue weighted by Crippen LogP contribution is -2.45. The van der Waals surface area contributed by atoms with Crippen LogP contribution in [-0.2, 0) is 0 Å². The minimum Gasteiger partial charge on any atom is -0.495 e. The first-order chi connectivity index (χ1) is 14.3. The Labute approximate surface area is 185 Å². The predicted molar refractivity (Wildman–Crippen MR) is 119 cm³/mol. The van der Waals surface area contributed by atoms with E-state index < -0.39 is 0 Å². The van der Waals surface area contributed by atoms with Crippen LogP contribution in [0.1, 0.15) is 28.9 Å². The molecule has 162 valence electrons. The Morgan fingerprint density at radius 2 is 1.70 bits per heavy atom. The van der Waals surface area contributed by atoms with Crippen molar-refractivity contribution in [2.75, 3.05) is 52.3 Å². The number of hydrogen-bond donors (Lipinski definition) is 1. The Hall–Kier alpha value is -2.32. The maximum absolute atomic E-state index is 14.1. The van der Waals surface area contributed by atoms with Gasteiger partial charge in [0.1, 0.15) is 21.8 Å². The molecule has 1 amide bonds. The van der Waals surface area contributed by atoms with Crippen molar-refractivity contribution in [2.24, 2.45) is 0 Å². The van der Waals surface area contributed by atoms with E-state index in [1.54, 1.807) is 18.2 Å². The molecular weight excluding hydrogens is 453 g/mol. The fourth-order valence-electron chi connectivity index (χ4n) is 3.57. The molecule has 1 aliphatic rings. The monoisotopic (exact) mass is 479 g/mol. The molecule has 1 aliphatic heterocycles. The highest BCUT2D eigenvalue weighted by atomic mass is 79.9. The summed E-state index contributed by atoms with van der Waals surface area (Å²) in [7, 11) is 5.14. The molecular formula is C22H27BrFN3O3. The van der Waals surface area contributed by atoms with Crippen molar-refractivity contribution in [3.63, 3.8) is 0 Å². The van der Waals surface area contributed by atoms with Crippen LogP contribution in [0.4, 0.5) is 10.1 Å². The zero-order valence-electron chi connectivity index (χ0n) is 17.7. The van der Waals surface area contributed by atoms with E-state index in [0.717, 1.165) is 37.4 Å². The van der Waals surface area contributed by atoms with Crippen molar-refractivity contribution in [3.8, 4) is 11.5 Å². The van der Waals surface area contributed by atoms with Crippen LogP contribution in [0, 0.1) is 5.82 Å². The lowest BCUT2D eigenvalue weighted by atomic mass is 10.0. The third kappa shape index (κ3) is 4.87. The Balaban J connectivity index is 1.85. The number of methoxy groups -OCH3 is 2. The van der Waals surface area contributed by atoms with Crippen molar-refractivity contribution in [3.05, 3.63) is 51.7 Å². The second kappa shape index (κ2) is 9.66. The highest BCUT2D eigenvalue weighted by Crippen LogP contribution is 2.36. The fourth-order valence-corrected chi connectivity index (χ4v) is 4.12. The maximum atomic E-state index is 14.1. The highest BCUT2D eigenvalue weighted by Gasteiger charge is 2.22. The average Bonchev–Trinajstić information content (AvgIpc) is 2.74. The van der Waals surface area contributed by atoms with Crippen LogP contribution in [0.25, 0.3) is 0 Å². The van der Waals surface area contributed by atoms with Crippen LogP contribution in [0.15, 0.2) is 34.8 Å². The summed E-state index contributed by atoms with van der Waals surface area (Å²) >= 11 is 3.41. The van der Waals surface area contributed by atoms with Gasteiger partial charge < -0.3 is 24.6 Å². The van der Waals surface area contributed by atoms with E-state index in [9.17, 15) is 9.18 Å². The average molecular weight is 480 g/mol. The molecule has 1 atom stereocenters. The number of amides is 1. The van der Waals surface area contributed by atoms with Gasteiger partial charge in [0.15, 0.2) is 0 Å². The summed E-state index contributed by atoms with van der Waals surface area (Å²) in [5.41, 5.74) is 2.10. The molecule has 3 rings (SSSR count). The molecule has 1 saturated heterocycles. The molecule has 0 spiro atoms. The van der Waals surface area contributed by atoms with Gasteiger partial charge in [-0.3, -0.25) is 4.79 Å². The van der Waals surface area contributed by atoms with E-state index in [2.05, 4.69) is 38.1 Å². The number of nitrogens with zero attached hydrogens (tertiary/aromatic N) is 2. The molecule has 1 heterocycles. The molecule has 0 aliphatic carbocycles. The van der Waals surface area contributed by atoms with Crippen LogP contribution in [0.5, 0.6) is 11.5 Å². The molecule has 1 unspecified atom stereocenters. The molecule has 0 radical (unpaired) electrons. The molecule has 1 fully saturated rings. The van der Waals surface area contributed by atoms with E-state index in [-0.39, 0.29) is 17.8 Å². The largest absolute Gasteiger partial charge is 0.495 e. The van der Waals surface area contributed by atoms with Crippen LogP contribution in [0.2, 0.25) is 0 Å². The second-order valence-corrected chi connectivity index (χ2v) is 8.18. The number of carbonyl (C=O) groups excluding carboxylic acids is 1. The van der Waals surface area contributed by atoms with Crippen LogP contribution >= 0.6 is 15.9 Å². The Morgan fingerprint density at radius 1 is 1.10 bits per heavy atom. The molecule has 0 aromatic heterocycles. The van der Waals surface area contributed by atoms with E-state index >= 15 is 0 Å². The minimum absolute atomic E-state index is 0.291. The SMILES string of the molecule is COc1cc(C(=O)NC(C)c2cc(F)ccc2N2CCN(C)CC2)cc(OC)c1Br. The van der Waals surface area contributed by atoms with E-state index in [1.165, 1.54) is 26.4 Å². The van der Waals surface area contributed by atoms with E-state index in [1.807, 2.05) is 6.92 Å². The maximum Gasteiger partial charge on any atom is 0.252 e. The zero-order chi connectivity index (χ0) is 21.8. The number of nitrogens with one attached hydrogen (secondary N) is 1. The summed E-state index contributed by atoms with van der Waals surface area (Å²) in [5.74, 6) is 0.378. The van der Waals surface area contributed by atoms with Crippen molar-refractivity contribution in [2.45, 2.75) is 13.0 Å². The second-order valence-electron chi connectivity index (χ2n) is 7.38. The van der Waals surface area contributed by atoms with E-state index in [0.29, 0.717) is 21.5 Å². The topological polar surface area (TPSA) is 54.0 Å². The third-order valence-electron chi connectivity index (χ3n) is 5.36. The lowest BCUT2D eigenvalue weighted by Gasteiger charge is -2.36. The van der Waals surface area contributed by atoms with Gasteiger partial charge in [-0.05, 0) is 60.2 Å². The number of rotatable bonds is 6. The summed E-state index contributed by atoms with van der Waals surface area (Å²) < 4.78 is 25.3. The van der Waals surface area contributed by atoms with Gasteiger partial charge in [0.05, 0.1) is 20.3 Å². The minimum atomic E-state index is -0.386. The number of halogens is 2. The number of carbonyl (C=O) groups is 1. The summed E-state index contributed by atoms with van der Waals surface area (Å²) in [6, 6.07) is 7.66. The predicted octanol–water partition coefficient (Wildman–Crippen LogP) is 3.85. The van der Waals surface area contributed by atoms with Crippen molar-refractivity contribution in [1.82, 2.24) is 10.2 Å². The molecule has 1 N–H and O–H groups in total. The first-order valence-corrected chi connectivity index (χ1v) is 10.6. The molecule has 2 aromatic rings. The molecule has 0 bridgehead atoms. The van der Waals surface area contributed by atoms with Gasteiger partial charge in [0, 0.05) is 43.0 Å². The van der Waals surface area contributed by atoms with Gasteiger partial charge in [0.2, 0.25) is 0 Å². The zero-order valence-corrected chi connectivity index (χ0v) is 19.3. The first-order valence-electron chi connectivity index (χ1n) is 9.79. The number of anilines is 1.